The highest BCUT2D eigenvalue weighted by molar-refractivity contribution is 5.82. The topological polar surface area (TPSA) is 46.9 Å². The number of nitrogens with zero attached hydrogens (tertiary/aromatic N) is 2. The number of Topliss-reactive ketones (excluding diaryl/α,β-unsaturated/α-hetero) is 1. The van der Waals surface area contributed by atoms with Gasteiger partial charge in [0.05, 0.1) is 19.3 Å². The number of hydrogen-bond acceptors (Lipinski definition) is 3. The maximum atomic E-state index is 11.3. The Morgan fingerprint density at radius 1 is 1.79 bits per heavy atom. The standard InChI is InChI=1S/C10H13N3O/c1-3-4-11-7-10(14)5-9-6-12-13(2)8-9/h1,6,8,11H,4-5,7H2,2H3. The fourth-order valence-corrected chi connectivity index (χ4v) is 1.13. The fraction of sp³-hybridized carbons (Fsp3) is 0.400. The molecule has 1 heterocycles. The van der Waals surface area contributed by atoms with Crippen molar-refractivity contribution in [2.45, 2.75) is 6.42 Å². The first-order chi connectivity index (χ1) is 6.72. The van der Waals surface area contributed by atoms with Gasteiger partial charge < -0.3 is 0 Å². The molecule has 0 bridgehead atoms. The summed E-state index contributed by atoms with van der Waals surface area (Å²) >= 11 is 0. The quantitative estimate of drug-likeness (QED) is 0.516. The molecule has 1 N–H and O–H groups in total. The molecule has 0 aliphatic carbocycles. The van der Waals surface area contributed by atoms with Gasteiger partial charge in [0, 0.05) is 19.7 Å². The highest BCUT2D eigenvalue weighted by Crippen LogP contribution is 1.97. The van der Waals surface area contributed by atoms with Crippen molar-refractivity contribution in [2.24, 2.45) is 7.05 Å². The van der Waals surface area contributed by atoms with Crippen LogP contribution in [-0.4, -0.2) is 28.7 Å². The van der Waals surface area contributed by atoms with Crippen LogP contribution in [0.1, 0.15) is 5.56 Å². The van der Waals surface area contributed by atoms with Crippen molar-refractivity contribution in [3.05, 3.63) is 18.0 Å². The molecule has 0 radical (unpaired) electrons. The average molecular weight is 191 g/mol. The van der Waals surface area contributed by atoms with Gasteiger partial charge >= 0.3 is 0 Å². The molecular weight excluding hydrogens is 178 g/mol. The van der Waals surface area contributed by atoms with Crippen LogP contribution in [0.15, 0.2) is 12.4 Å². The largest absolute Gasteiger partial charge is 0.299 e. The smallest absolute Gasteiger partial charge is 0.151 e. The average Bonchev–Trinajstić information content (AvgIpc) is 2.52. The van der Waals surface area contributed by atoms with E-state index < -0.39 is 0 Å². The molecule has 0 atom stereocenters. The lowest BCUT2D eigenvalue weighted by Gasteiger charge is -1.98. The molecule has 0 spiro atoms. The van der Waals surface area contributed by atoms with Gasteiger partial charge in [0.2, 0.25) is 0 Å². The van der Waals surface area contributed by atoms with Gasteiger partial charge in [-0.1, -0.05) is 5.92 Å². The summed E-state index contributed by atoms with van der Waals surface area (Å²) < 4.78 is 1.68. The highest BCUT2D eigenvalue weighted by Gasteiger charge is 2.04. The van der Waals surface area contributed by atoms with Crippen molar-refractivity contribution < 1.29 is 4.79 Å². The van der Waals surface area contributed by atoms with Crippen LogP contribution in [0.3, 0.4) is 0 Å². The van der Waals surface area contributed by atoms with E-state index in [1.807, 2.05) is 13.2 Å². The molecular formula is C10H13N3O. The van der Waals surface area contributed by atoms with Crippen molar-refractivity contribution in [1.82, 2.24) is 15.1 Å². The molecule has 0 aliphatic heterocycles. The van der Waals surface area contributed by atoms with E-state index in [4.69, 9.17) is 6.42 Å². The van der Waals surface area contributed by atoms with Crippen LogP contribution in [0.4, 0.5) is 0 Å². The van der Waals surface area contributed by atoms with Gasteiger partial charge in [-0.2, -0.15) is 5.10 Å². The predicted molar refractivity (Wildman–Crippen MR) is 53.6 cm³/mol. The monoisotopic (exact) mass is 191 g/mol. The lowest BCUT2D eigenvalue weighted by atomic mass is 10.2. The Morgan fingerprint density at radius 2 is 2.57 bits per heavy atom. The molecule has 0 aromatic carbocycles. The van der Waals surface area contributed by atoms with E-state index in [-0.39, 0.29) is 5.78 Å². The summed E-state index contributed by atoms with van der Waals surface area (Å²) in [6.07, 6.45) is 8.97. The van der Waals surface area contributed by atoms with E-state index >= 15 is 0 Å². The zero-order chi connectivity index (χ0) is 10.4. The van der Waals surface area contributed by atoms with Crippen molar-refractivity contribution in [1.29, 1.82) is 0 Å². The number of carbonyl (C=O) groups excluding carboxylic acids is 1. The lowest BCUT2D eigenvalue weighted by molar-refractivity contribution is -0.117. The molecule has 1 aromatic rings. The summed E-state index contributed by atoms with van der Waals surface area (Å²) in [7, 11) is 1.82. The summed E-state index contributed by atoms with van der Waals surface area (Å²) in [5.41, 5.74) is 0.931. The van der Waals surface area contributed by atoms with E-state index in [1.165, 1.54) is 0 Å². The van der Waals surface area contributed by atoms with E-state index in [1.54, 1.807) is 10.9 Å². The van der Waals surface area contributed by atoms with E-state index in [9.17, 15) is 4.79 Å². The maximum Gasteiger partial charge on any atom is 0.151 e. The number of nitrogens with one attached hydrogen (secondary N) is 1. The number of carbonyl (C=O) groups is 1. The first-order valence-electron chi connectivity index (χ1n) is 4.36. The Morgan fingerprint density at radius 3 is 3.14 bits per heavy atom. The number of terminal acetylenes is 1. The molecule has 0 unspecified atom stereocenters. The molecule has 0 aliphatic rings. The third-order valence-electron chi connectivity index (χ3n) is 1.71. The lowest BCUT2D eigenvalue weighted by Crippen LogP contribution is -2.24. The zero-order valence-corrected chi connectivity index (χ0v) is 8.16. The Kier molecular flexibility index (Phi) is 3.89. The van der Waals surface area contributed by atoms with Gasteiger partial charge in [-0.3, -0.25) is 14.8 Å². The van der Waals surface area contributed by atoms with Gasteiger partial charge in [0.1, 0.15) is 0 Å². The van der Waals surface area contributed by atoms with Crippen LogP contribution in [0.25, 0.3) is 0 Å². The molecule has 74 valence electrons. The van der Waals surface area contributed by atoms with Gasteiger partial charge in [0.25, 0.3) is 0 Å². The predicted octanol–water partition coefficient (Wildman–Crippen LogP) is -0.246. The molecule has 0 amide bonds. The minimum Gasteiger partial charge on any atom is -0.299 e. The Labute approximate surface area is 83.3 Å². The SMILES string of the molecule is C#CCNCC(=O)Cc1cnn(C)c1. The molecule has 0 saturated heterocycles. The summed E-state index contributed by atoms with van der Waals surface area (Å²) in [6, 6.07) is 0. The maximum absolute atomic E-state index is 11.3. The molecule has 4 heteroatoms. The number of ketones is 1. The Balaban J connectivity index is 2.31. The van der Waals surface area contributed by atoms with Crippen LogP contribution >= 0.6 is 0 Å². The van der Waals surface area contributed by atoms with Gasteiger partial charge in [0.15, 0.2) is 5.78 Å². The third kappa shape index (κ3) is 3.42. The van der Waals surface area contributed by atoms with Gasteiger partial charge in [-0.15, -0.1) is 6.42 Å². The van der Waals surface area contributed by atoms with Crippen LogP contribution in [0.5, 0.6) is 0 Å². The number of aryl methyl sites for hydroxylation is 1. The molecule has 1 aromatic heterocycles. The van der Waals surface area contributed by atoms with Crippen LogP contribution < -0.4 is 5.32 Å². The number of hydrogen-bond donors (Lipinski definition) is 1. The first-order valence-corrected chi connectivity index (χ1v) is 4.36. The summed E-state index contributed by atoms with van der Waals surface area (Å²) in [6.45, 7) is 0.748. The fourth-order valence-electron chi connectivity index (χ4n) is 1.13. The van der Waals surface area contributed by atoms with Crippen molar-refractivity contribution in [3.63, 3.8) is 0 Å². The molecule has 0 fully saturated rings. The Bertz CT molecular complexity index is 348. The van der Waals surface area contributed by atoms with Gasteiger partial charge in [-0.25, -0.2) is 0 Å². The molecule has 4 nitrogen and oxygen atoms in total. The minimum atomic E-state index is 0.119. The molecule has 0 saturated carbocycles. The third-order valence-corrected chi connectivity index (χ3v) is 1.71. The van der Waals surface area contributed by atoms with Crippen molar-refractivity contribution in [3.8, 4) is 12.3 Å². The van der Waals surface area contributed by atoms with Crippen molar-refractivity contribution >= 4 is 5.78 Å². The second kappa shape index (κ2) is 5.20. The summed E-state index contributed by atoms with van der Waals surface area (Å²) in [5.74, 6) is 2.53. The van der Waals surface area contributed by atoms with E-state index in [0.717, 1.165) is 5.56 Å². The second-order valence-corrected chi connectivity index (χ2v) is 3.05. The van der Waals surface area contributed by atoms with Crippen LogP contribution in [0.2, 0.25) is 0 Å². The summed E-state index contributed by atoms with van der Waals surface area (Å²) in [5, 5.41) is 6.83. The number of rotatable bonds is 5. The number of aromatic nitrogens is 2. The second-order valence-electron chi connectivity index (χ2n) is 3.05. The molecule has 1 rings (SSSR count). The van der Waals surface area contributed by atoms with Crippen LogP contribution in [-0.2, 0) is 18.3 Å². The van der Waals surface area contributed by atoms with Crippen molar-refractivity contribution in [2.75, 3.05) is 13.1 Å². The highest BCUT2D eigenvalue weighted by atomic mass is 16.1. The summed E-state index contributed by atoms with van der Waals surface area (Å²) in [4.78, 5) is 11.3. The van der Waals surface area contributed by atoms with Crippen LogP contribution in [0, 0.1) is 12.3 Å². The van der Waals surface area contributed by atoms with Gasteiger partial charge in [-0.05, 0) is 5.56 Å². The van der Waals surface area contributed by atoms with E-state index in [0.29, 0.717) is 19.5 Å². The first kappa shape index (κ1) is 10.5. The normalized spacial score (nSPS) is 9.71. The Hall–Kier alpha value is -1.60. The van der Waals surface area contributed by atoms with E-state index in [2.05, 4.69) is 16.3 Å². The minimum absolute atomic E-state index is 0.119. The molecule has 14 heavy (non-hydrogen) atoms. The zero-order valence-electron chi connectivity index (χ0n) is 8.16.